The van der Waals surface area contributed by atoms with Gasteiger partial charge in [0.1, 0.15) is 11.5 Å². The molecule has 2 amide bonds. The van der Waals surface area contributed by atoms with Gasteiger partial charge in [-0.25, -0.2) is 4.79 Å². The van der Waals surface area contributed by atoms with Gasteiger partial charge in [0.25, 0.3) is 0 Å². The summed E-state index contributed by atoms with van der Waals surface area (Å²) in [5.41, 5.74) is 5.49. The van der Waals surface area contributed by atoms with Gasteiger partial charge in [0.15, 0.2) is 6.29 Å². The van der Waals surface area contributed by atoms with Gasteiger partial charge in [-0.15, -0.1) is 0 Å². The second-order valence-electron chi connectivity index (χ2n) is 12.6. The lowest BCUT2D eigenvalue weighted by Gasteiger charge is -2.42. The number of urea groups is 1. The van der Waals surface area contributed by atoms with Crippen LogP contribution in [0.2, 0.25) is 0 Å². The first kappa shape index (κ1) is 34.8. The van der Waals surface area contributed by atoms with E-state index in [2.05, 4.69) is 40.6 Å². The van der Waals surface area contributed by atoms with E-state index in [-0.39, 0.29) is 30.8 Å². The zero-order chi connectivity index (χ0) is 34.7. The third-order valence-electron chi connectivity index (χ3n) is 8.89. The number of para-hydroxylation sites is 1. The Bertz CT molecular complexity index is 1770. The Morgan fingerprint density at radius 2 is 1.50 bits per heavy atom. The van der Waals surface area contributed by atoms with Crippen LogP contribution in [0, 0.1) is 5.92 Å². The molecular formula is C41H44N4O5. The fourth-order valence-corrected chi connectivity index (χ4v) is 5.96. The van der Waals surface area contributed by atoms with E-state index in [1.54, 1.807) is 12.1 Å². The molecule has 9 heteroatoms. The van der Waals surface area contributed by atoms with Gasteiger partial charge < -0.3 is 34.9 Å². The van der Waals surface area contributed by atoms with Crippen LogP contribution in [-0.2, 0) is 29.0 Å². The van der Waals surface area contributed by atoms with Gasteiger partial charge in [0, 0.05) is 55.1 Å². The number of nitrogens with zero attached hydrogens (tertiary/aromatic N) is 2. The van der Waals surface area contributed by atoms with Crippen LogP contribution in [0.5, 0.6) is 11.5 Å². The van der Waals surface area contributed by atoms with Crippen LogP contribution in [0.3, 0.4) is 0 Å². The van der Waals surface area contributed by atoms with Gasteiger partial charge >= 0.3 is 6.03 Å². The van der Waals surface area contributed by atoms with Crippen molar-refractivity contribution in [2.75, 3.05) is 25.5 Å². The number of hydrogen-bond acceptors (Lipinski definition) is 7. The summed E-state index contributed by atoms with van der Waals surface area (Å²) >= 11 is 0. The Labute approximate surface area is 293 Å². The molecule has 6 rings (SSSR count). The molecule has 5 aromatic rings. The number of aliphatic hydroxyl groups is 1. The highest BCUT2D eigenvalue weighted by Gasteiger charge is 2.38. The van der Waals surface area contributed by atoms with Gasteiger partial charge in [-0.05, 0) is 72.3 Å². The monoisotopic (exact) mass is 672 g/mol. The molecule has 0 radical (unpaired) electrons. The number of anilines is 1. The van der Waals surface area contributed by atoms with Crippen molar-refractivity contribution in [3.8, 4) is 11.5 Å². The number of likely N-dealkylation sites (N-methyl/N-ethyl adjacent to an activating group) is 1. The Balaban J connectivity index is 1.06. The number of pyridine rings is 1. The van der Waals surface area contributed by atoms with E-state index < -0.39 is 6.29 Å². The van der Waals surface area contributed by atoms with E-state index in [0.29, 0.717) is 18.0 Å². The summed E-state index contributed by atoms with van der Waals surface area (Å²) in [5.74, 6) is 1.52. The molecule has 0 spiro atoms. The number of amides is 2. The van der Waals surface area contributed by atoms with Crippen LogP contribution >= 0.6 is 0 Å². The van der Waals surface area contributed by atoms with E-state index in [4.69, 9.17) is 14.2 Å². The molecule has 0 saturated carbocycles. The summed E-state index contributed by atoms with van der Waals surface area (Å²) in [6.07, 6.45) is 1.83. The van der Waals surface area contributed by atoms with Crippen molar-refractivity contribution in [3.63, 3.8) is 0 Å². The van der Waals surface area contributed by atoms with Crippen LogP contribution in [0.1, 0.15) is 47.3 Å². The summed E-state index contributed by atoms with van der Waals surface area (Å²) in [4.78, 5) is 19.4. The topological polar surface area (TPSA) is 105 Å². The molecule has 1 fully saturated rings. The number of aliphatic hydroxyl groups excluding tert-OH is 1. The van der Waals surface area contributed by atoms with E-state index in [0.717, 1.165) is 53.2 Å². The fourth-order valence-electron chi connectivity index (χ4n) is 5.96. The Morgan fingerprint density at radius 1 is 0.820 bits per heavy atom. The normalized spacial score (nSPS) is 18.8. The minimum absolute atomic E-state index is 0.00261. The van der Waals surface area contributed by atoms with Crippen LogP contribution in [0.4, 0.5) is 10.5 Å². The molecule has 258 valence electrons. The highest BCUT2D eigenvalue weighted by Crippen LogP contribution is 2.41. The van der Waals surface area contributed by atoms with Crippen molar-refractivity contribution in [3.05, 3.63) is 155 Å². The van der Waals surface area contributed by atoms with Gasteiger partial charge in [-0.3, -0.25) is 4.98 Å². The number of hydrogen-bond donors (Lipinski definition) is 3. The zero-order valence-corrected chi connectivity index (χ0v) is 28.4. The Kier molecular flexibility index (Phi) is 11.9. The van der Waals surface area contributed by atoms with Crippen LogP contribution < -0.4 is 15.4 Å². The van der Waals surface area contributed by atoms with E-state index in [1.807, 2.05) is 109 Å². The molecule has 0 bridgehead atoms. The largest absolute Gasteiger partial charge is 0.457 e. The van der Waals surface area contributed by atoms with E-state index in [1.165, 1.54) is 0 Å². The molecule has 3 N–H and O–H groups in total. The molecular weight excluding hydrogens is 628 g/mol. The van der Waals surface area contributed by atoms with Crippen LogP contribution in [-0.4, -0.2) is 47.3 Å². The van der Waals surface area contributed by atoms with E-state index >= 15 is 0 Å². The molecule has 2 heterocycles. The van der Waals surface area contributed by atoms with Gasteiger partial charge in [0.2, 0.25) is 0 Å². The van der Waals surface area contributed by atoms with Crippen molar-refractivity contribution < 1.29 is 24.1 Å². The average Bonchev–Trinajstić information content (AvgIpc) is 3.16. The average molecular weight is 673 g/mol. The molecule has 0 aliphatic carbocycles. The molecule has 1 aliphatic heterocycles. The number of rotatable bonds is 13. The number of aromatic nitrogens is 1. The molecule has 50 heavy (non-hydrogen) atoms. The van der Waals surface area contributed by atoms with Gasteiger partial charge in [0.05, 0.1) is 18.8 Å². The summed E-state index contributed by atoms with van der Waals surface area (Å²) < 4.78 is 19.1. The highest BCUT2D eigenvalue weighted by atomic mass is 16.7. The highest BCUT2D eigenvalue weighted by molar-refractivity contribution is 5.89. The fraction of sp³-hybridized carbons (Fsp3) is 0.268. The SMILES string of the molecule is C[C@H]1[C@@H](CN(C)CCc2ccccn2)O[C@@H](c2ccc(CNC(=O)Nc3ccc(Oc4ccccc4)cc3)cc2)O[C@H]1c1ccc(CO)cc1. The first-order valence-electron chi connectivity index (χ1n) is 17.0. The number of carbonyl (C=O) groups excluding carboxylic acids is 1. The third kappa shape index (κ3) is 9.55. The molecule has 1 aromatic heterocycles. The summed E-state index contributed by atoms with van der Waals surface area (Å²) in [7, 11) is 2.11. The van der Waals surface area contributed by atoms with Gasteiger partial charge in [-0.1, -0.05) is 79.7 Å². The number of nitrogens with one attached hydrogen (secondary N) is 2. The molecule has 4 atom stereocenters. The molecule has 0 unspecified atom stereocenters. The predicted octanol–water partition coefficient (Wildman–Crippen LogP) is 7.65. The number of benzene rings is 4. The zero-order valence-electron chi connectivity index (χ0n) is 28.4. The standard InChI is InChI=1S/C41H44N4O5/c1-29-38(27-45(2)25-23-34-8-6-7-24-42-34)49-40(50-39(29)32-15-13-31(28-46)14-16-32)33-17-11-30(12-18-33)26-43-41(47)44-35-19-21-37(22-20-35)48-36-9-4-3-5-10-36/h3-22,24,29,38-40,46H,23,25-28H2,1-2H3,(H2,43,44,47)/t29-,38+,39+,40+/m0/s1. The Morgan fingerprint density at radius 3 is 2.20 bits per heavy atom. The maximum Gasteiger partial charge on any atom is 0.319 e. The summed E-state index contributed by atoms with van der Waals surface area (Å²) in [5, 5.41) is 15.4. The third-order valence-corrected chi connectivity index (χ3v) is 8.89. The molecule has 4 aromatic carbocycles. The first-order valence-corrected chi connectivity index (χ1v) is 17.0. The maximum atomic E-state index is 12.7. The lowest BCUT2D eigenvalue weighted by atomic mass is 9.90. The Hall–Kier alpha value is -5.06. The second-order valence-corrected chi connectivity index (χ2v) is 12.6. The molecule has 9 nitrogen and oxygen atoms in total. The van der Waals surface area contributed by atoms with Crippen molar-refractivity contribution in [1.82, 2.24) is 15.2 Å². The smallest absolute Gasteiger partial charge is 0.319 e. The van der Waals surface area contributed by atoms with Crippen molar-refractivity contribution >= 4 is 11.7 Å². The lowest BCUT2D eigenvalue weighted by Crippen LogP contribution is -2.43. The minimum Gasteiger partial charge on any atom is -0.457 e. The number of carbonyl (C=O) groups is 1. The molecule has 1 saturated heterocycles. The first-order chi connectivity index (χ1) is 24.4. The van der Waals surface area contributed by atoms with E-state index in [9.17, 15) is 9.90 Å². The van der Waals surface area contributed by atoms with Crippen LogP contribution in [0.25, 0.3) is 0 Å². The maximum absolute atomic E-state index is 12.7. The summed E-state index contributed by atoms with van der Waals surface area (Å²) in [6, 6.07) is 38.4. The lowest BCUT2D eigenvalue weighted by molar-refractivity contribution is -0.275. The van der Waals surface area contributed by atoms with Crippen molar-refractivity contribution in [2.24, 2.45) is 5.92 Å². The second kappa shape index (κ2) is 17.0. The minimum atomic E-state index is -0.568. The van der Waals surface area contributed by atoms with Crippen molar-refractivity contribution in [2.45, 2.75) is 45.0 Å². The summed E-state index contributed by atoms with van der Waals surface area (Å²) in [6.45, 7) is 4.11. The van der Waals surface area contributed by atoms with Crippen molar-refractivity contribution in [1.29, 1.82) is 0 Å². The van der Waals surface area contributed by atoms with Crippen LogP contribution in [0.15, 0.2) is 128 Å². The number of ether oxygens (including phenoxy) is 3. The van der Waals surface area contributed by atoms with Gasteiger partial charge in [-0.2, -0.15) is 0 Å². The quantitative estimate of drug-likeness (QED) is 0.118. The molecule has 1 aliphatic rings. The predicted molar refractivity (Wildman–Crippen MR) is 194 cm³/mol.